The Morgan fingerprint density at radius 1 is 1.39 bits per heavy atom. The molecule has 1 aliphatic rings. The monoisotopic (exact) mass is 249 g/mol. The van der Waals surface area contributed by atoms with Gasteiger partial charge in [-0.15, -0.1) is 0 Å². The van der Waals surface area contributed by atoms with Crippen LogP contribution < -0.4 is 16.8 Å². The molecule has 5 N–H and O–H groups in total. The molecule has 1 aliphatic heterocycles. The minimum atomic E-state index is -0.467. The predicted octanol–water partition coefficient (Wildman–Crippen LogP) is 1.35. The van der Waals surface area contributed by atoms with Crippen molar-refractivity contribution in [3.63, 3.8) is 0 Å². The number of nitrogens with one attached hydrogen (secondary N) is 1. The van der Waals surface area contributed by atoms with E-state index in [1.54, 1.807) is 18.2 Å². The first kappa shape index (κ1) is 12.7. The zero-order valence-electron chi connectivity index (χ0n) is 10.5. The van der Waals surface area contributed by atoms with E-state index in [4.69, 9.17) is 16.2 Å². The van der Waals surface area contributed by atoms with Gasteiger partial charge in [-0.05, 0) is 38.0 Å². The fraction of sp³-hybridized carbons (Fsp3) is 0.462. The fourth-order valence-electron chi connectivity index (χ4n) is 2.10. The molecule has 1 aromatic carbocycles. The molecule has 5 nitrogen and oxygen atoms in total. The van der Waals surface area contributed by atoms with Crippen LogP contribution in [0.2, 0.25) is 0 Å². The standard InChI is InChI=1S/C13H19N3O2/c1-13(4-6-18-7-5-13)16-11-3-2-9(12(15)17)8-10(11)14/h2-3,8,16H,4-7,14H2,1H3,(H2,15,17). The molecule has 1 saturated heterocycles. The highest BCUT2D eigenvalue weighted by molar-refractivity contribution is 5.94. The summed E-state index contributed by atoms with van der Waals surface area (Å²) in [6, 6.07) is 5.09. The molecule has 0 saturated carbocycles. The van der Waals surface area contributed by atoms with Gasteiger partial charge in [0.05, 0.1) is 11.4 Å². The lowest BCUT2D eigenvalue weighted by Gasteiger charge is -2.35. The minimum Gasteiger partial charge on any atom is -0.397 e. The largest absolute Gasteiger partial charge is 0.397 e. The summed E-state index contributed by atoms with van der Waals surface area (Å²) in [5.41, 5.74) is 12.9. The van der Waals surface area contributed by atoms with Crippen LogP contribution in [-0.4, -0.2) is 24.7 Å². The molecule has 0 aromatic heterocycles. The second-order valence-corrected chi connectivity index (χ2v) is 4.96. The van der Waals surface area contributed by atoms with Gasteiger partial charge in [0.1, 0.15) is 0 Å². The summed E-state index contributed by atoms with van der Waals surface area (Å²) in [7, 11) is 0. The predicted molar refractivity (Wildman–Crippen MR) is 71.5 cm³/mol. The van der Waals surface area contributed by atoms with Crippen LogP contribution in [0.4, 0.5) is 11.4 Å². The van der Waals surface area contributed by atoms with Crippen molar-refractivity contribution < 1.29 is 9.53 Å². The molecule has 0 bridgehead atoms. The SMILES string of the molecule is CC1(Nc2ccc(C(N)=O)cc2N)CCOCC1. The maximum atomic E-state index is 11.0. The Hall–Kier alpha value is -1.75. The molecular weight excluding hydrogens is 230 g/mol. The maximum absolute atomic E-state index is 11.0. The molecule has 1 amide bonds. The van der Waals surface area contributed by atoms with Crippen LogP contribution in [0.3, 0.4) is 0 Å². The Morgan fingerprint density at radius 3 is 2.61 bits per heavy atom. The summed E-state index contributed by atoms with van der Waals surface area (Å²) in [4.78, 5) is 11.0. The molecule has 0 radical (unpaired) electrons. The first-order chi connectivity index (χ1) is 8.50. The van der Waals surface area contributed by atoms with E-state index in [2.05, 4.69) is 12.2 Å². The Bertz CT molecular complexity index is 454. The van der Waals surface area contributed by atoms with Crippen molar-refractivity contribution in [3.05, 3.63) is 23.8 Å². The maximum Gasteiger partial charge on any atom is 0.248 e. The molecule has 1 heterocycles. The van der Waals surface area contributed by atoms with Gasteiger partial charge in [-0.1, -0.05) is 0 Å². The number of carbonyl (C=O) groups excluding carboxylic acids is 1. The van der Waals surface area contributed by atoms with Crippen molar-refractivity contribution in [2.24, 2.45) is 5.73 Å². The summed E-state index contributed by atoms with van der Waals surface area (Å²) in [6.45, 7) is 3.66. The number of anilines is 2. The molecule has 0 spiro atoms. The van der Waals surface area contributed by atoms with E-state index in [-0.39, 0.29) is 5.54 Å². The highest BCUT2D eigenvalue weighted by Gasteiger charge is 2.27. The van der Waals surface area contributed by atoms with Gasteiger partial charge in [-0.25, -0.2) is 0 Å². The third-order valence-corrected chi connectivity index (χ3v) is 3.37. The topological polar surface area (TPSA) is 90.4 Å². The van der Waals surface area contributed by atoms with E-state index in [1.165, 1.54) is 0 Å². The van der Waals surface area contributed by atoms with E-state index >= 15 is 0 Å². The van der Waals surface area contributed by atoms with Gasteiger partial charge in [-0.2, -0.15) is 0 Å². The van der Waals surface area contributed by atoms with Gasteiger partial charge >= 0.3 is 0 Å². The Labute approximate surface area is 106 Å². The molecule has 0 atom stereocenters. The quantitative estimate of drug-likeness (QED) is 0.705. The van der Waals surface area contributed by atoms with E-state index in [0.717, 1.165) is 31.7 Å². The van der Waals surface area contributed by atoms with Crippen molar-refractivity contribution in [3.8, 4) is 0 Å². The van der Waals surface area contributed by atoms with Crippen molar-refractivity contribution in [1.82, 2.24) is 0 Å². The van der Waals surface area contributed by atoms with Gasteiger partial charge in [0, 0.05) is 24.3 Å². The van der Waals surface area contributed by atoms with Crippen LogP contribution in [0, 0.1) is 0 Å². The average Bonchev–Trinajstić information content (AvgIpc) is 2.32. The number of primary amides is 1. The lowest BCUT2D eigenvalue weighted by atomic mass is 9.92. The average molecular weight is 249 g/mol. The number of hydrogen-bond acceptors (Lipinski definition) is 4. The van der Waals surface area contributed by atoms with E-state index < -0.39 is 5.91 Å². The second kappa shape index (κ2) is 4.86. The summed E-state index contributed by atoms with van der Waals surface area (Å²) in [5.74, 6) is -0.467. The van der Waals surface area contributed by atoms with Gasteiger partial charge in [0.15, 0.2) is 0 Å². The second-order valence-electron chi connectivity index (χ2n) is 4.96. The highest BCUT2D eigenvalue weighted by atomic mass is 16.5. The van der Waals surface area contributed by atoms with Crippen molar-refractivity contribution >= 4 is 17.3 Å². The molecule has 18 heavy (non-hydrogen) atoms. The smallest absolute Gasteiger partial charge is 0.248 e. The third kappa shape index (κ3) is 2.73. The van der Waals surface area contributed by atoms with Crippen molar-refractivity contribution in [1.29, 1.82) is 0 Å². The van der Waals surface area contributed by atoms with Gasteiger partial charge in [0.2, 0.25) is 5.91 Å². The van der Waals surface area contributed by atoms with E-state index in [1.807, 2.05) is 0 Å². The third-order valence-electron chi connectivity index (χ3n) is 3.37. The summed E-state index contributed by atoms with van der Waals surface area (Å²) in [5, 5.41) is 3.43. The van der Waals surface area contributed by atoms with E-state index in [0.29, 0.717) is 11.3 Å². The Balaban J connectivity index is 2.16. The van der Waals surface area contributed by atoms with Gasteiger partial charge < -0.3 is 21.5 Å². The summed E-state index contributed by atoms with van der Waals surface area (Å²) in [6.07, 6.45) is 1.87. The minimum absolute atomic E-state index is 0.0133. The van der Waals surface area contributed by atoms with Crippen molar-refractivity contribution in [2.45, 2.75) is 25.3 Å². The number of amides is 1. The molecule has 1 aromatic rings. The molecule has 0 unspecified atom stereocenters. The zero-order valence-corrected chi connectivity index (χ0v) is 10.5. The van der Waals surface area contributed by atoms with Crippen LogP contribution >= 0.6 is 0 Å². The number of hydrogen-bond donors (Lipinski definition) is 3. The molecule has 98 valence electrons. The normalized spacial score (nSPS) is 18.3. The first-order valence-electron chi connectivity index (χ1n) is 6.05. The number of ether oxygens (including phenoxy) is 1. The summed E-state index contributed by atoms with van der Waals surface area (Å²) < 4.78 is 5.35. The fourth-order valence-corrected chi connectivity index (χ4v) is 2.10. The molecule has 0 aliphatic carbocycles. The zero-order chi connectivity index (χ0) is 13.2. The van der Waals surface area contributed by atoms with Crippen molar-refractivity contribution in [2.75, 3.05) is 24.3 Å². The molecular formula is C13H19N3O2. The molecule has 5 heteroatoms. The lowest BCUT2D eigenvalue weighted by Crippen LogP contribution is -2.40. The van der Waals surface area contributed by atoms with Crippen LogP contribution in [-0.2, 0) is 4.74 Å². The number of nitrogens with two attached hydrogens (primary N) is 2. The van der Waals surface area contributed by atoms with Crippen LogP contribution in [0.15, 0.2) is 18.2 Å². The lowest BCUT2D eigenvalue weighted by molar-refractivity contribution is 0.0658. The highest BCUT2D eigenvalue weighted by Crippen LogP contribution is 2.29. The van der Waals surface area contributed by atoms with Gasteiger partial charge in [0.25, 0.3) is 0 Å². The van der Waals surface area contributed by atoms with Crippen LogP contribution in [0.1, 0.15) is 30.1 Å². The summed E-state index contributed by atoms with van der Waals surface area (Å²) >= 11 is 0. The Kier molecular flexibility index (Phi) is 3.43. The molecule has 2 rings (SSSR count). The molecule has 1 fully saturated rings. The van der Waals surface area contributed by atoms with Crippen LogP contribution in [0.25, 0.3) is 0 Å². The van der Waals surface area contributed by atoms with Gasteiger partial charge in [-0.3, -0.25) is 4.79 Å². The Morgan fingerprint density at radius 2 is 2.06 bits per heavy atom. The number of benzene rings is 1. The number of carbonyl (C=O) groups is 1. The number of rotatable bonds is 3. The van der Waals surface area contributed by atoms with E-state index in [9.17, 15) is 4.79 Å². The van der Waals surface area contributed by atoms with Crippen LogP contribution in [0.5, 0.6) is 0 Å². The number of nitrogen functional groups attached to an aromatic ring is 1. The first-order valence-corrected chi connectivity index (χ1v) is 6.05.